The Bertz CT molecular complexity index is 540. The van der Waals surface area contributed by atoms with Crippen molar-refractivity contribution in [1.29, 1.82) is 0 Å². The zero-order valence-corrected chi connectivity index (χ0v) is 27.5. The van der Waals surface area contributed by atoms with Crippen molar-refractivity contribution in [3.8, 4) is 0 Å². The van der Waals surface area contributed by atoms with Crippen molar-refractivity contribution in [2.24, 2.45) is 0 Å². The van der Waals surface area contributed by atoms with E-state index >= 15 is 0 Å². The molecule has 1 aromatic carbocycles. The molecule has 1 aromatic rings. The van der Waals surface area contributed by atoms with Crippen molar-refractivity contribution in [3.63, 3.8) is 0 Å². The van der Waals surface area contributed by atoms with Crippen LogP contribution in [-0.4, -0.2) is 27.8 Å². The van der Waals surface area contributed by atoms with Gasteiger partial charge in [-0.25, -0.2) is 0 Å². The average Bonchev–Trinajstić information content (AvgIpc) is 2.64. The minimum absolute atomic E-state index is 0. The van der Waals surface area contributed by atoms with Crippen LogP contribution >= 0.6 is 36.1 Å². The monoisotopic (exact) mass is 715 g/mol. The predicted molar refractivity (Wildman–Crippen MR) is 147 cm³/mol. The summed E-state index contributed by atoms with van der Waals surface area (Å²) < 4.78 is 2.43. The minimum atomic E-state index is -0.319. The maximum Gasteiger partial charge on any atom is 0 e. The number of benzene rings is 1. The van der Waals surface area contributed by atoms with Crippen LogP contribution in [0.5, 0.6) is 0 Å². The molecule has 0 aromatic heterocycles. The fraction of sp³-hybridized carbons (Fsp3) is 0.750. The van der Waals surface area contributed by atoms with Crippen LogP contribution in [-0.2, 0) is 29.4 Å². The summed E-state index contributed by atoms with van der Waals surface area (Å²) in [6, 6.07) is 11.0. The SMILES string of the molecule is CCCC[I-][PH+](Cc1[c-]c(C[PH+](CCCC)C(I)CCC)ccc1)C(C)(C)C.[B].[Fe]. The van der Waals surface area contributed by atoms with Crippen LogP contribution in [0.1, 0.15) is 91.2 Å². The van der Waals surface area contributed by atoms with Crippen LogP contribution in [0, 0.1) is 6.07 Å². The summed E-state index contributed by atoms with van der Waals surface area (Å²) in [7, 11) is -0.319. The van der Waals surface area contributed by atoms with E-state index in [-0.39, 0.29) is 39.0 Å². The normalized spacial score (nSPS) is 14.5. The molecule has 3 radical (unpaired) electrons. The van der Waals surface area contributed by atoms with Crippen molar-refractivity contribution in [3.05, 3.63) is 35.4 Å². The van der Waals surface area contributed by atoms with E-state index < -0.39 is 0 Å². The van der Waals surface area contributed by atoms with E-state index in [0.717, 1.165) is 3.67 Å². The Hall–Kier alpha value is 2.12. The van der Waals surface area contributed by atoms with Crippen LogP contribution in [0.3, 0.4) is 0 Å². The van der Waals surface area contributed by atoms with Crippen molar-refractivity contribution in [2.75, 3.05) is 10.6 Å². The number of halogens is 2. The molecule has 3 atom stereocenters. The van der Waals surface area contributed by atoms with Gasteiger partial charge in [-0.2, -0.15) is 0 Å². The van der Waals surface area contributed by atoms with Crippen LogP contribution in [0.25, 0.3) is 0 Å². The van der Waals surface area contributed by atoms with E-state index in [4.69, 9.17) is 0 Å². The van der Waals surface area contributed by atoms with Gasteiger partial charge < -0.3 is 0 Å². The standard InChI is InChI=1S/C24H43I2P2.B.Fe/c1-7-10-16-26-28(24(4,5)6)20-22-15-12-14-21(18-22)19-27(17-11-8-2)23(25)13-9-3;;/h12,14-15,23,28H,7-11,13,16-17,19-20H2,1-6H3;;/q-1;;/p+1. The van der Waals surface area contributed by atoms with Crippen molar-refractivity contribution >= 4 is 44.5 Å². The Labute approximate surface area is 227 Å². The molecule has 0 spiro atoms. The number of hydrogen-bond donors (Lipinski definition) is 0. The molecule has 0 aliphatic carbocycles. The molecule has 0 fully saturated rings. The van der Waals surface area contributed by atoms with Gasteiger partial charge in [-0.15, -0.1) is 0 Å². The molecule has 30 heavy (non-hydrogen) atoms. The molecule has 175 valence electrons. The first-order chi connectivity index (χ1) is 13.3. The van der Waals surface area contributed by atoms with Gasteiger partial charge in [0, 0.05) is 25.5 Å². The second-order valence-electron chi connectivity index (χ2n) is 8.90. The topological polar surface area (TPSA) is 0 Å². The minimum Gasteiger partial charge on any atom is 0 e. The van der Waals surface area contributed by atoms with E-state index in [1.807, 2.05) is 0 Å². The summed E-state index contributed by atoms with van der Waals surface area (Å²) in [6.07, 6.45) is 12.4. The first kappa shape index (κ1) is 34.3. The molecule has 0 amide bonds. The van der Waals surface area contributed by atoms with Crippen molar-refractivity contribution in [1.82, 2.24) is 0 Å². The Morgan fingerprint density at radius 1 is 1.00 bits per heavy atom. The predicted octanol–water partition coefficient (Wildman–Crippen LogP) is 5.50. The zero-order chi connectivity index (χ0) is 21.0. The maximum atomic E-state index is 3.91. The molecular formula is C24H44BFeI2P2. The Morgan fingerprint density at radius 2 is 1.60 bits per heavy atom. The molecule has 1 rings (SSSR count). The van der Waals surface area contributed by atoms with Gasteiger partial charge in [-0.1, -0.05) is 0 Å². The molecule has 0 heterocycles. The van der Waals surface area contributed by atoms with Gasteiger partial charge in [0.2, 0.25) is 0 Å². The Balaban J connectivity index is 0. The Kier molecular flexibility index (Phi) is 22.2. The number of rotatable bonds is 14. The summed E-state index contributed by atoms with van der Waals surface area (Å²) in [5.74, 6) is 0. The summed E-state index contributed by atoms with van der Waals surface area (Å²) in [5, 5.41) is 0.528. The molecule has 0 aliphatic rings. The fourth-order valence-corrected chi connectivity index (χ4v) is 19.6. The van der Waals surface area contributed by atoms with Gasteiger partial charge >= 0.3 is 204 Å². The third-order valence-corrected chi connectivity index (χ3v) is 25.3. The van der Waals surface area contributed by atoms with E-state index in [9.17, 15) is 0 Å². The smallest absolute Gasteiger partial charge is 0 e. The van der Waals surface area contributed by atoms with Gasteiger partial charge in [0.15, 0.2) is 0 Å². The molecular weight excluding hydrogens is 671 g/mol. The molecule has 0 saturated carbocycles. The van der Waals surface area contributed by atoms with Gasteiger partial charge in [0.05, 0.1) is 0 Å². The summed E-state index contributed by atoms with van der Waals surface area (Å²) in [6.45, 7) is 14.5. The van der Waals surface area contributed by atoms with Gasteiger partial charge in [0.25, 0.3) is 0 Å². The second-order valence-corrected chi connectivity index (χ2v) is 24.7. The Morgan fingerprint density at radius 3 is 2.13 bits per heavy atom. The summed E-state index contributed by atoms with van der Waals surface area (Å²) >= 11 is 3.14. The number of alkyl halides is 2. The summed E-state index contributed by atoms with van der Waals surface area (Å²) in [5.41, 5.74) is 2.76. The van der Waals surface area contributed by atoms with Crippen LogP contribution < -0.4 is 20.7 Å². The van der Waals surface area contributed by atoms with E-state index in [2.05, 4.69) is 88.4 Å². The molecule has 3 unspecified atom stereocenters. The molecule has 0 bridgehead atoms. The quantitative estimate of drug-likeness (QED) is 0.0598. The third-order valence-electron chi connectivity index (χ3n) is 5.07. The van der Waals surface area contributed by atoms with Crippen LogP contribution in [0.15, 0.2) is 18.2 Å². The largest absolute Gasteiger partial charge is 0 e. The maximum absolute atomic E-state index is 3.91. The average molecular weight is 715 g/mol. The van der Waals surface area contributed by atoms with Crippen LogP contribution in [0.2, 0.25) is 0 Å². The van der Waals surface area contributed by atoms with Gasteiger partial charge in [-0.3, -0.25) is 0 Å². The molecule has 0 aliphatic heterocycles. The zero-order valence-electron chi connectivity index (χ0n) is 20.1. The van der Waals surface area contributed by atoms with E-state index in [1.54, 1.807) is 0 Å². The molecule has 0 nitrogen and oxygen atoms in total. The van der Waals surface area contributed by atoms with Crippen molar-refractivity contribution in [2.45, 2.75) is 101 Å². The van der Waals surface area contributed by atoms with E-state index in [1.165, 1.54) is 72.6 Å². The molecule has 6 heteroatoms. The third kappa shape index (κ3) is 14.4. The molecule has 0 saturated heterocycles. The molecule has 0 N–H and O–H groups in total. The number of unbranched alkanes of at least 4 members (excludes halogenated alkanes) is 2. The fourth-order valence-electron chi connectivity index (χ4n) is 3.23. The van der Waals surface area contributed by atoms with Crippen LogP contribution in [0.4, 0.5) is 0 Å². The van der Waals surface area contributed by atoms with Gasteiger partial charge in [-0.05, 0) is 0 Å². The van der Waals surface area contributed by atoms with Gasteiger partial charge in [0.1, 0.15) is 0 Å². The van der Waals surface area contributed by atoms with Crippen molar-refractivity contribution < 1.29 is 37.7 Å². The number of hydrogen-bond acceptors (Lipinski definition) is 0. The summed E-state index contributed by atoms with van der Waals surface area (Å²) in [4.78, 5) is 0. The first-order valence-corrected chi connectivity index (χ1v) is 20.8. The second kappa shape index (κ2) is 19.4. The van der Waals surface area contributed by atoms with E-state index in [0.29, 0.717) is 25.8 Å². The first-order valence-electron chi connectivity index (χ1n) is 11.3.